The van der Waals surface area contributed by atoms with Gasteiger partial charge in [-0.15, -0.1) is 0 Å². The Labute approximate surface area is 155 Å². The van der Waals surface area contributed by atoms with Crippen molar-refractivity contribution >= 4 is 5.96 Å². The van der Waals surface area contributed by atoms with Crippen molar-refractivity contribution in [2.45, 2.75) is 32.4 Å². The Morgan fingerprint density at radius 1 is 1.08 bits per heavy atom. The molecule has 0 atom stereocenters. The molecule has 5 heteroatoms. The summed E-state index contributed by atoms with van der Waals surface area (Å²) in [7, 11) is 3.43. The number of aliphatic imine (C=N–C) groups is 1. The molecule has 0 aromatic heterocycles. The Balaban J connectivity index is 1.92. The van der Waals surface area contributed by atoms with Crippen LogP contribution in [-0.2, 0) is 23.3 Å². The van der Waals surface area contributed by atoms with Crippen molar-refractivity contribution in [3.63, 3.8) is 0 Å². The predicted molar refractivity (Wildman–Crippen MR) is 105 cm³/mol. The minimum Gasteiger partial charge on any atom is -0.380 e. The highest BCUT2D eigenvalue weighted by Gasteiger charge is 2.21. The molecule has 0 heterocycles. The fourth-order valence-electron chi connectivity index (χ4n) is 2.72. The second kappa shape index (κ2) is 9.34. The molecule has 0 spiro atoms. The van der Waals surface area contributed by atoms with E-state index in [4.69, 9.17) is 4.74 Å². The molecule has 0 fully saturated rings. The van der Waals surface area contributed by atoms with Crippen LogP contribution in [0, 0.1) is 5.82 Å². The molecule has 140 valence electrons. The number of rotatable bonds is 7. The fourth-order valence-corrected chi connectivity index (χ4v) is 2.72. The highest BCUT2D eigenvalue weighted by atomic mass is 19.1. The lowest BCUT2D eigenvalue weighted by molar-refractivity contribution is 0.185. The number of nitrogens with one attached hydrogen (secondary N) is 2. The lowest BCUT2D eigenvalue weighted by Crippen LogP contribution is -2.43. The van der Waals surface area contributed by atoms with E-state index in [1.165, 1.54) is 6.07 Å². The molecule has 2 rings (SSSR count). The van der Waals surface area contributed by atoms with E-state index in [1.54, 1.807) is 26.3 Å². The monoisotopic (exact) mass is 357 g/mol. The van der Waals surface area contributed by atoms with E-state index >= 15 is 0 Å². The molecule has 2 aromatic carbocycles. The number of ether oxygens (including phenoxy) is 1. The largest absolute Gasteiger partial charge is 0.380 e. The van der Waals surface area contributed by atoms with Gasteiger partial charge in [0.1, 0.15) is 5.82 Å². The van der Waals surface area contributed by atoms with Gasteiger partial charge in [-0.2, -0.15) is 0 Å². The molecule has 0 aliphatic heterocycles. The zero-order chi connectivity index (χ0) is 19.0. The third kappa shape index (κ3) is 5.85. The van der Waals surface area contributed by atoms with Crippen molar-refractivity contribution in [3.05, 3.63) is 71.0 Å². The summed E-state index contributed by atoms with van der Waals surface area (Å²) in [5.41, 5.74) is 3.03. The lowest BCUT2D eigenvalue weighted by atomic mass is 9.84. The summed E-state index contributed by atoms with van der Waals surface area (Å²) in [6.45, 7) is 6.06. The third-order valence-corrected chi connectivity index (χ3v) is 4.29. The normalized spacial score (nSPS) is 12.1. The van der Waals surface area contributed by atoms with Gasteiger partial charge in [-0.3, -0.25) is 4.99 Å². The number of benzene rings is 2. The molecule has 0 aliphatic rings. The molecule has 26 heavy (non-hydrogen) atoms. The smallest absolute Gasteiger partial charge is 0.191 e. The van der Waals surface area contributed by atoms with E-state index in [0.717, 1.165) is 16.7 Å². The first-order valence-corrected chi connectivity index (χ1v) is 8.72. The van der Waals surface area contributed by atoms with Gasteiger partial charge in [0, 0.05) is 32.7 Å². The van der Waals surface area contributed by atoms with E-state index in [1.807, 2.05) is 18.2 Å². The minimum absolute atomic E-state index is 0.214. The number of halogens is 1. The topological polar surface area (TPSA) is 45.7 Å². The number of guanidine groups is 1. The zero-order valence-electron chi connectivity index (χ0n) is 16.0. The average molecular weight is 357 g/mol. The predicted octanol–water partition coefficient (Wildman–Crippen LogP) is 3.61. The average Bonchev–Trinajstić information content (AvgIpc) is 2.62. The maximum Gasteiger partial charge on any atom is 0.191 e. The van der Waals surface area contributed by atoms with Crippen LogP contribution < -0.4 is 10.6 Å². The molecular weight excluding hydrogens is 329 g/mol. The number of nitrogens with zero attached hydrogens (tertiary/aromatic N) is 1. The van der Waals surface area contributed by atoms with Gasteiger partial charge in [-0.1, -0.05) is 50.2 Å². The molecule has 0 amide bonds. The number of hydrogen-bond donors (Lipinski definition) is 2. The SMILES string of the molecule is CN=C(NCc1cccc(COC)c1)NCC(C)(C)c1cccc(F)c1. The number of hydrogen-bond acceptors (Lipinski definition) is 2. The van der Waals surface area contributed by atoms with Gasteiger partial charge in [0.05, 0.1) is 6.61 Å². The van der Waals surface area contributed by atoms with E-state index < -0.39 is 0 Å². The number of methoxy groups -OCH3 is 1. The summed E-state index contributed by atoms with van der Waals surface area (Å²) in [5, 5.41) is 6.64. The molecule has 0 bridgehead atoms. The fraction of sp³-hybridized carbons (Fsp3) is 0.381. The Hall–Kier alpha value is -2.40. The van der Waals surface area contributed by atoms with E-state index in [2.05, 4.69) is 41.6 Å². The second-order valence-electron chi connectivity index (χ2n) is 6.93. The van der Waals surface area contributed by atoms with E-state index in [0.29, 0.717) is 25.7 Å². The van der Waals surface area contributed by atoms with E-state index in [9.17, 15) is 4.39 Å². The van der Waals surface area contributed by atoms with Crippen molar-refractivity contribution in [2.75, 3.05) is 20.7 Å². The molecule has 2 N–H and O–H groups in total. The van der Waals surface area contributed by atoms with Crippen LogP contribution >= 0.6 is 0 Å². The highest BCUT2D eigenvalue weighted by Crippen LogP contribution is 2.22. The molecule has 0 saturated carbocycles. The minimum atomic E-state index is -0.224. The summed E-state index contributed by atoms with van der Waals surface area (Å²) >= 11 is 0. The first kappa shape index (κ1) is 19.9. The van der Waals surface area contributed by atoms with Crippen molar-refractivity contribution in [1.82, 2.24) is 10.6 Å². The van der Waals surface area contributed by atoms with Gasteiger partial charge in [0.25, 0.3) is 0 Å². The van der Waals surface area contributed by atoms with Gasteiger partial charge in [0.2, 0.25) is 0 Å². The summed E-state index contributed by atoms with van der Waals surface area (Å²) in [6.07, 6.45) is 0. The Morgan fingerprint density at radius 3 is 2.50 bits per heavy atom. The van der Waals surface area contributed by atoms with Crippen molar-refractivity contribution in [1.29, 1.82) is 0 Å². The van der Waals surface area contributed by atoms with Crippen LogP contribution in [0.2, 0.25) is 0 Å². The molecular formula is C21H28FN3O. The summed E-state index contributed by atoms with van der Waals surface area (Å²) in [4.78, 5) is 4.27. The van der Waals surface area contributed by atoms with Crippen molar-refractivity contribution < 1.29 is 9.13 Å². The third-order valence-electron chi connectivity index (χ3n) is 4.29. The lowest BCUT2D eigenvalue weighted by Gasteiger charge is -2.27. The molecule has 0 aliphatic carbocycles. The second-order valence-corrected chi connectivity index (χ2v) is 6.93. The standard InChI is InChI=1S/C21H28FN3O/c1-21(2,18-9-6-10-19(22)12-18)15-25-20(23-3)24-13-16-7-5-8-17(11-16)14-26-4/h5-12H,13-15H2,1-4H3,(H2,23,24,25). The van der Waals surface area contributed by atoms with Crippen LogP contribution in [-0.4, -0.2) is 26.7 Å². The van der Waals surface area contributed by atoms with Crippen LogP contribution in [0.1, 0.15) is 30.5 Å². The highest BCUT2D eigenvalue weighted by molar-refractivity contribution is 5.79. The van der Waals surface area contributed by atoms with E-state index in [-0.39, 0.29) is 11.2 Å². The van der Waals surface area contributed by atoms with Crippen LogP contribution in [0.3, 0.4) is 0 Å². The van der Waals surface area contributed by atoms with Gasteiger partial charge in [-0.05, 0) is 28.8 Å². The van der Waals surface area contributed by atoms with Gasteiger partial charge in [-0.25, -0.2) is 4.39 Å². The first-order valence-electron chi connectivity index (χ1n) is 8.72. The summed E-state index contributed by atoms with van der Waals surface area (Å²) < 4.78 is 18.7. The van der Waals surface area contributed by atoms with Crippen LogP contribution in [0.5, 0.6) is 0 Å². The Morgan fingerprint density at radius 2 is 1.81 bits per heavy atom. The molecule has 4 nitrogen and oxygen atoms in total. The van der Waals surface area contributed by atoms with Gasteiger partial charge >= 0.3 is 0 Å². The summed E-state index contributed by atoms with van der Waals surface area (Å²) in [5.74, 6) is 0.501. The molecule has 0 radical (unpaired) electrons. The van der Waals surface area contributed by atoms with Crippen LogP contribution in [0.4, 0.5) is 4.39 Å². The van der Waals surface area contributed by atoms with Crippen LogP contribution in [0.25, 0.3) is 0 Å². The van der Waals surface area contributed by atoms with Crippen molar-refractivity contribution in [3.8, 4) is 0 Å². The quantitative estimate of drug-likeness (QED) is 0.588. The molecule has 0 saturated heterocycles. The summed E-state index contributed by atoms with van der Waals surface area (Å²) in [6, 6.07) is 15.0. The molecule has 2 aromatic rings. The molecule has 0 unspecified atom stereocenters. The Bertz CT molecular complexity index is 744. The maximum atomic E-state index is 13.5. The Kier molecular flexibility index (Phi) is 7.16. The first-order chi connectivity index (χ1) is 12.4. The van der Waals surface area contributed by atoms with Gasteiger partial charge in [0.15, 0.2) is 5.96 Å². The van der Waals surface area contributed by atoms with Gasteiger partial charge < -0.3 is 15.4 Å². The van der Waals surface area contributed by atoms with Crippen LogP contribution in [0.15, 0.2) is 53.5 Å². The zero-order valence-corrected chi connectivity index (χ0v) is 16.0. The van der Waals surface area contributed by atoms with Crippen molar-refractivity contribution in [2.24, 2.45) is 4.99 Å². The maximum absolute atomic E-state index is 13.5.